The Morgan fingerprint density at radius 2 is 0.820 bits per heavy atom. The quantitative estimate of drug-likeness (QED) is 0.0218. The van der Waals surface area contributed by atoms with Crippen LogP contribution in [0.2, 0.25) is 0 Å². The van der Waals surface area contributed by atoms with E-state index in [0.717, 1.165) is 17.7 Å². The predicted octanol–water partition coefficient (Wildman–Crippen LogP) is 1.80. The van der Waals surface area contributed by atoms with Gasteiger partial charge in [-0.05, 0) is 144 Å². The number of carbonyl (C=O) groups excluding carboxylic acids is 8. The van der Waals surface area contributed by atoms with Crippen LogP contribution in [0.1, 0.15) is 130 Å². The molecule has 0 aliphatic rings. The Morgan fingerprint density at radius 1 is 0.483 bits per heavy atom. The standard InChI is InChI=1S/C62H98N14O12S/c1-40(2)33-50(72-56(78)46(66)37-44-23-11-8-12-24-44)60(82)71-49(27-17-20-32-65)59(81)73-52(35-42(5)6)62(84)74-51(34-41(3)4)61(83)70-48(26-16-19-31-64)58(80)69-47(25-15-18-30-63)57(79)68-45(36-43-21-9-7-10-22-43)38-75(39-55(67)77)89(87,88)54-29-14-13-28-53(54)76(85)86/h7-14,21-24,28-29,40-42,45-52H,15-20,25-27,30-39,63-66H2,1-6H3,(H2,67,77)(H,68,79)(H,69,80)(H,70,83)(H,71,82)(H,72,78)(H,73,81)(H,74,84)/t45-,46-,47-,48-,49-,50-,51-,52-/m0/s1. The highest BCUT2D eigenvalue weighted by Crippen LogP contribution is 2.27. The van der Waals surface area contributed by atoms with Crippen molar-refractivity contribution in [1.82, 2.24) is 41.5 Å². The number of nitro groups is 1. The molecule has 3 aromatic carbocycles. The molecule has 0 radical (unpaired) electrons. The van der Waals surface area contributed by atoms with Crippen molar-refractivity contribution in [2.75, 3.05) is 32.7 Å². The minimum atomic E-state index is -4.82. The van der Waals surface area contributed by atoms with Gasteiger partial charge in [0.05, 0.1) is 17.5 Å². The van der Waals surface area contributed by atoms with Crippen LogP contribution in [0.25, 0.3) is 0 Å². The Hall–Kier alpha value is -7.43. The average Bonchev–Trinajstić information content (AvgIpc) is 2.69. The summed E-state index contributed by atoms with van der Waals surface area (Å²) in [6.07, 6.45) is 3.36. The van der Waals surface area contributed by atoms with Crippen LogP contribution in [0, 0.1) is 27.9 Å². The number of nitrogens with zero attached hydrogens (tertiary/aromatic N) is 2. The molecule has 0 bridgehead atoms. The molecule has 8 amide bonds. The lowest BCUT2D eigenvalue weighted by atomic mass is 9.98. The molecule has 0 heterocycles. The van der Waals surface area contributed by atoms with Gasteiger partial charge in [0.1, 0.15) is 36.3 Å². The largest absolute Gasteiger partial charge is 0.369 e. The van der Waals surface area contributed by atoms with E-state index in [1.807, 2.05) is 71.9 Å². The van der Waals surface area contributed by atoms with E-state index >= 15 is 0 Å². The first-order chi connectivity index (χ1) is 42.2. The number of unbranched alkanes of at least 4 members (excludes halogenated alkanes) is 3. The van der Waals surface area contributed by atoms with E-state index in [2.05, 4.69) is 37.2 Å². The first-order valence-corrected chi connectivity index (χ1v) is 32.2. The second kappa shape index (κ2) is 39.5. The molecule has 0 saturated heterocycles. The van der Waals surface area contributed by atoms with Gasteiger partial charge in [0.25, 0.3) is 5.69 Å². The van der Waals surface area contributed by atoms with Crippen molar-refractivity contribution in [1.29, 1.82) is 0 Å². The third-order valence-corrected chi connectivity index (χ3v) is 16.4. The molecule has 0 aliphatic carbocycles. The second-order valence-corrected chi connectivity index (χ2v) is 25.7. The van der Waals surface area contributed by atoms with Crippen molar-refractivity contribution in [3.8, 4) is 0 Å². The van der Waals surface area contributed by atoms with Gasteiger partial charge in [-0.3, -0.25) is 48.5 Å². The van der Waals surface area contributed by atoms with E-state index in [0.29, 0.717) is 54.9 Å². The van der Waals surface area contributed by atoms with Gasteiger partial charge < -0.3 is 65.9 Å². The summed E-state index contributed by atoms with van der Waals surface area (Å²) < 4.78 is 29.1. The Kier molecular flexibility index (Phi) is 33.7. The molecule has 8 atom stereocenters. The first kappa shape index (κ1) is 75.8. The zero-order valence-electron chi connectivity index (χ0n) is 52.5. The predicted molar refractivity (Wildman–Crippen MR) is 340 cm³/mol. The van der Waals surface area contributed by atoms with Crippen LogP contribution in [0.4, 0.5) is 5.69 Å². The summed E-state index contributed by atoms with van der Waals surface area (Å²) in [6, 6.07) is 13.0. The van der Waals surface area contributed by atoms with Crippen LogP contribution in [0.5, 0.6) is 0 Å². The fraction of sp³-hybridized carbons (Fsp3) is 0.581. The van der Waals surface area contributed by atoms with Crippen LogP contribution in [-0.4, -0.2) is 146 Å². The van der Waals surface area contributed by atoms with E-state index in [4.69, 9.17) is 28.7 Å². The number of rotatable bonds is 43. The lowest BCUT2D eigenvalue weighted by Crippen LogP contribution is -2.60. The first-order valence-electron chi connectivity index (χ1n) is 30.8. The molecule has 0 unspecified atom stereocenters. The number of nitrogens with one attached hydrogen (secondary N) is 7. The Bertz CT molecular complexity index is 2850. The summed E-state index contributed by atoms with van der Waals surface area (Å²) in [5.74, 6) is -6.36. The van der Waals surface area contributed by atoms with Gasteiger partial charge >= 0.3 is 0 Å². The summed E-state index contributed by atoms with van der Waals surface area (Å²) in [5, 5.41) is 31.7. The maximum atomic E-state index is 14.6. The van der Waals surface area contributed by atoms with Crippen molar-refractivity contribution < 1.29 is 51.7 Å². The van der Waals surface area contributed by atoms with Crippen molar-refractivity contribution in [3.05, 3.63) is 106 Å². The van der Waals surface area contributed by atoms with E-state index in [1.165, 1.54) is 12.1 Å². The zero-order chi connectivity index (χ0) is 66.2. The Balaban J connectivity index is 1.95. The highest BCUT2D eigenvalue weighted by Gasteiger charge is 2.37. The number of nitrogens with two attached hydrogens (primary N) is 5. The van der Waals surface area contributed by atoms with Gasteiger partial charge in [-0.1, -0.05) is 114 Å². The maximum absolute atomic E-state index is 14.6. The summed E-state index contributed by atoms with van der Waals surface area (Å²) in [6.45, 7) is 10.4. The lowest BCUT2D eigenvalue weighted by Gasteiger charge is -2.30. The number of nitro benzene ring substituents is 1. The molecule has 0 spiro atoms. The number of primary amides is 1. The summed E-state index contributed by atoms with van der Waals surface area (Å²) >= 11 is 0. The van der Waals surface area contributed by atoms with Crippen LogP contribution in [0.3, 0.4) is 0 Å². The van der Waals surface area contributed by atoms with Gasteiger partial charge in [-0.25, -0.2) is 8.42 Å². The molecule has 17 N–H and O–H groups in total. The Labute approximate surface area is 524 Å². The topological polar surface area (TPSA) is 431 Å². The highest BCUT2D eigenvalue weighted by atomic mass is 32.2. The minimum absolute atomic E-state index is 0.0159. The van der Waals surface area contributed by atoms with E-state index < -0.39 is 134 Å². The molecule has 0 aromatic heterocycles. The molecule has 3 aromatic rings. The molecule has 26 nitrogen and oxygen atoms in total. The van der Waals surface area contributed by atoms with E-state index in [-0.39, 0.29) is 82.2 Å². The van der Waals surface area contributed by atoms with Gasteiger partial charge in [0.15, 0.2) is 4.90 Å². The summed E-state index contributed by atoms with van der Waals surface area (Å²) in [7, 11) is -4.82. The molecule has 0 saturated carbocycles. The number of sulfonamides is 1. The van der Waals surface area contributed by atoms with Crippen molar-refractivity contribution >= 4 is 63.0 Å². The highest BCUT2D eigenvalue weighted by molar-refractivity contribution is 7.89. The molecular formula is C62H98N14O12S. The maximum Gasteiger partial charge on any atom is 0.289 e. The van der Waals surface area contributed by atoms with Crippen LogP contribution in [-0.2, 0) is 61.2 Å². The molecule has 89 heavy (non-hydrogen) atoms. The monoisotopic (exact) mass is 1260 g/mol. The SMILES string of the molecule is CC(C)C[C@H](NC(=O)[C@H](CC(C)C)NC(=O)[C@H](CCCCN)NC(=O)[C@H](CC(C)C)NC(=O)[C@@H](N)Cc1ccccc1)C(=O)N[C@@H](CCCCN)C(=O)N[C@@H](CCCCN)C(=O)N[C@@H](Cc1ccccc1)CN(CC(N)=O)S(=O)(=O)c1ccccc1[N+](=O)[O-]. The third-order valence-electron chi connectivity index (χ3n) is 14.5. The van der Waals surface area contributed by atoms with Crippen molar-refractivity contribution in [3.63, 3.8) is 0 Å². The fourth-order valence-corrected chi connectivity index (χ4v) is 11.6. The van der Waals surface area contributed by atoms with Gasteiger partial charge in [0, 0.05) is 18.7 Å². The summed E-state index contributed by atoms with van der Waals surface area (Å²) in [4.78, 5) is 123. The van der Waals surface area contributed by atoms with Gasteiger partial charge in [0.2, 0.25) is 57.3 Å². The number of hydrogen-bond acceptors (Lipinski definition) is 16. The van der Waals surface area contributed by atoms with E-state index in [1.54, 1.807) is 30.3 Å². The smallest absolute Gasteiger partial charge is 0.289 e. The van der Waals surface area contributed by atoms with E-state index in [9.17, 15) is 56.9 Å². The molecular weight excluding hydrogens is 1160 g/mol. The average molecular weight is 1260 g/mol. The van der Waals surface area contributed by atoms with Crippen LogP contribution < -0.4 is 65.9 Å². The number of amides is 8. The summed E-state index contributed by atoms with van der Waals surface area (Å²) in [5.41, 5.74) is 30.1. The number of benzene rings is 3. The number of carbonyl (C=O) groups is 8. The number of para-hydroxylation sites is 1. The second-order valence-electron chi connectivity index (χ2n) is 23.8. The molecule has 0 aliphatic heterocycles. The van der Waals surface area contributed by atoms with Gasteiger partial charge in [-0.2, -0.15) is 4.31 Å². The third kappa shape index (κ3) is 27.5. The lowest BCUT2D eigenvalue weighted by molar-refractivity contribution is -0.387. The molecule has 3 rings (SSSR count). The fourth-order valence-electron chi connectivity index (χ4n) is 9.99. The molecule has 494 valence electrons. The normalized spacial score (nSPS) is 14.3. The Morgan fingerprint density at radius 3 is 1.19 bits per heavy atom. The molecule has 0 fully saturated rings. The van der Waals surface area contributed by atoms with Crippen LogP contribution in [0.15, 0.2) is 89.8 Å². The zero-order valence-corrected chi connectivity index (χ0v) is 53.3. The van der Waals surface area contributed by atoms with Gasteiger partial charge in [-0.15, -0.1) is 0 Å². The van der Waals surface area contributed by atoms with Crippen molar-refractivity contribution in [2.45, 2.75) is 185 Å². The minimum Gasteiger partial charge on any atom is -0.369 e. The number of hydrogen-bond donors (Lipinski definition) is 12. The molecule has 27 heteroatoms. The van der Waals surface area contributed by atoms with Crippen molar-refractivity contribution in [2.24, 2.45) is 46.4 Å². The van der Waals surface area contributed by atoms with Crippen LogP contribution >= 0.6 is 0 Å².